The summed E-state index contributed by atoms with van der Waals surface area (Å²) in [6.07, 6.45) is 1.83. The second-order valence-corrected chi connectivity index (χ2v) is 4.00. The van der Waals surface area contributed by atoms with Crippen LogP contribution in [0.15, 0.2) is 24.5 Å². The van der Waals surface area contributed by atoms with Gasteiger partial charge in [-0.2, -0.15) is 0 Å². The summed E-state index contributed by atoms with van der Waals surface area (Å²) in [5.41, 5.74) is -0.585. The van der Waals surface area contributed by atoms with Gasteiger partial charge in [-0.3, -0.25) is 14.9 Å². The summed E-state index contributed by atoms with van der Waals surface area (Å²) in [5, 5.41) is 12.9. The Labute approximate surface area is 121 Å². The van der Waals surface area contributed by atoms with E-state index in [-0.39, 0.29) is 17.3 Å². The fourth-order valence-electron chi connectivity index (χ4n) is 1.50. The molecule has 1 aromatic heterocycles. The molecule has 0 amide bonds. The van der Waals surface area contributed by atoms with Crippen molar-refractivity contribution in [1.29, 1.82) is 0 Å². The molecule has 2 rings (SSSR count). The van der Waals surface area contributed by atoms with E-state index in [0.717, 1.165) is 25.4 Å². The summed E-state index contributed by atoms with van der Waals surface area (Å²) in [7, 11) is 0. The summed E-state index contributed by atoms with van der Waals surface area (Å²) in [6, 6.07) is 1.41. The molecule has 0 aliphatic rings. The van der Waals surface area contributed by atoms with E-state index in [2.05, 4.69) is 20.0 Å². The third kappa shape index (κ3) is 3.48. The van der Waals surface area contributed by atoms with E-state index in [1.54, 1.807) is 0 Å². The average Bonchev–Trinajstić information content (AvgIpc) is 2.43. The van der Waals surface area contributed by atoms with Crippen LogP contribution in [0.5, 0.6) is 5.75 Å². The Hall–Kier alpha value is -3.17. The molecule has 0 saturated heterocycles. The molecule has 0 unspecified atom stereocenters. The van der Waals surface area contributed by atoms with Crippen LogP contribution < -0.4 is 10.1 Å². The Balaban J connectivity index is 2.35. The minimum atomic E-state index is -1.10. The van der Waals surface area contributed by atoms with Gasteiger partial charge in [-0.25, -0.2) is 18.7 Å². The molecule has 114 valence electrons. The molecule has 0 bridgehead atoms. The molecule has 0 spiro atoms. The van der Waals surface area contributed by atoms with E-state index in [4.69, 9.17) is 0 Å². The fourth-order valence-corrected chi connectivity index (χ4v) is 1.50. The summed E-state index contributed by atoms with van der Waals surface area (Å²) in [5.74, 6) is -3.52. The number of nitrogens with zero attached hydrogens (tertiary/aromatic N) is 3. The van der Waals surface area contributed by atoms with Crippen LogP contribution in [0.1, 0.15) is 6.92 Å². The lowest BCUT2D eigenvalue weighted by atomic mass is 10.2. The molecule has 0 aliphatic carbocycles. The molecule has 10 heteroatoms. The van der Waals surface area contributed by atoms with Crippen molar-refractivity contribution in [3.8, 4) is 5.75 Å². The van der Waals surface area contributed by atoms with E-state index in [0.29, 0.717) is 6.07 Å². The Morgan fingerprint density at radius 3 is 2.50 bits per heavy atom. The molecule has 0 fully saturated rings. The molecule has 0 atom stereocenters. The maximum absolute atomic E-state index is 13.7. The van der Waals surface area contributed by atoms with E-state index in [1.807, 2.05) is 0 Å². The Kier molecular flexibility index (Phi) is 4.20. The van der Waals surface area contributed by atoms with Gasteiger partial charge in [0.15, 0.2) is 11.6 Å². The van der Waals surface area contributed by atoms with Crippen LogP contribution in [0.2, 0.25) is 0 Å². The predicted octanol–water partition coefficient (Wildman–Crippen LogP) is 2.33. The SMILES string of the molecule is CC(=O)Oc1c(F)cc(F)cc1Nc1ncc([N+](=O)[O-])cn1. The van der Waals surface area contributed by atoms with Crippen molar-refractivity contribution in [2.24, 2.45) is 0 Å². The smallest absolute Gasteiger partial charge is 0.308 e. The minimum Gasteiger partial charge on any atom is -0.421 e. The van der Waals surface area contributed by atoms with Crippen molar-refractivity contribution >= 4 is 23.3 Å². The Morgan fingerprint density at radius 2 is 1.95 bits per heavy atom. The molecule has 22 heavy (non-hydrogen) atoms. The summed E-state index contributed by atoms with van der Waals surface area (Å²) in [6.45, 7) is 1.05. The predicted molar refractivity (Wildman–Crippen MR) is 69.6 cm³/mol. The number of aromatic nitrogens is 2. The normalized spacial score (nSPS) is 10.1. The number of nitro groups is 1. The first-order chi connectivity index (χ1) is 10.4. The fraction of sp³-hybridized carbons (Fsp3) is 0.0833. The van der Waals surface area contributed by atoms with Gasteiger partial charge in [0.05, 0.1) is 10.6 Å². The maximum atomic E-state index is 13.7. The number of carbonyl (C=O) groups is 1. The number of hydrogen-bond donors (Lipinski definition) is 1. The third-order valence-corrected chi connectivity index (χ3v) is 2.35. The number of rotatable bonds is 4. The molecule has 1 aromatic carbocycles. The molecular weight excluding hydrogens is 302 g/mol. The zero-order chi connectivity index (χ0) is 16.3. The average molecular weight is 310 g/mol. The van der Waals surface area contributed by atoms with Gasteiger partial charge in [0.1, 0.15) is 18.2 Å². The van der Waals surface area contributed by atoms with Gasteiger partial charge in [0, 0.05) is 19.1 Å². The van der Waals surface area contributed by atoms with Crippen LogP contribution in [0.4, 0.5) is 26.1 Å². The molecule has 8 nitrogen and oxygen atoms in total. The molecule has 0 saturated carbocycles. The van der Waals surface area contributed by atoms with Crippen LogP contribution in [-0.4, -0.2) is 20.9 Å². The lowest BCUT2D eigenvalue weighted by molar-refractivity contribution is -0.385. The molecule has 1 N–H and O–H groups in total. The number of nitrogens with one attached hydrogen (secondary N) is 1. The number of ether oxygens (including phenoxy) is 1. The monoisotopic (exact) mass is 310 g/mol. The van der Waals surface area contributed by atoms with E-state index < -0.39 is 28.3 Å². The number of benzene rings is 1. The molecule has 0 radical (unpaired) electrons. The highest BCUT2D eigenvalue weighted by Gasteiger charge is 2.16. The van der Waals surface area contributed by atoms with Crippen molar-refractivity contribution < 1.29 is 23.2 Å². The largest absolute Gasteiger partial charge is 0.421 e. The highest BCUT2D eigenvalue weighted by Crippen LogP contribution is 2.31. The van der Waals surface area contributed by atoms with Crippen LogP contribution in [0.25, 0.3) is 0 Å². The van der Waals surface area contributed by atoms with E-state index >= 15 is 0 Å². The van der Waals surface area contributed by atoms with Crippen molar-refractivity contribution in [2.45, 2.75) is 6.92 Å². The van der Waals surface area contributed by atoms with Gasteiger partial charge in [-0.05, 0) is 0 Å². The van der Waals surface area contributed by atoms with E-state index in [9.17, 15) is 23.7 Å². The number of hydrogen-bond acceptors (Lipinski definition) is 7. The van der Waals surface area contributed by atoms with Crippen LogP contribution in [0.3, 0.4) is 0 Å². The summed E-state index contributed by atoms with van der Waals surface area (Å²) < 4.78 is 31.6. The zero-order valence-electron chi connectivity index (χ0n) is 11.0. The quantitative estimate of drug-likeness (QED) is 0.399. The summed E-state index contributed by atoms with van der Waals surface area (Å²) >= 11 is 0. The van der Waals surface area contributed by atoms with Crippen LogP contribution in [-0.2, 0) is 4.79 Å². The second-order valence-electron chi connectivity index (χ2n) is 4.00. The van der Waals surface area contributed by atoms with Crippen LogP contribution >= 0.6 is 0 Å². The Bertz CT molecular complexity index is 737. The van der Waals surface area contributed by atoms with Gasteiger partial charge in [-0.15, -0.1) is 0 Å². The van der Waals surface area contributed by atoms with Crippen molar-refractivity contribution in [2.75, 3.05) is 5.32 Å². The molecular formula is C12H8F2N4O4. The molecule has 0 aliphatic heterocycles. The molecule has 2 aromatic rings. The second kappa shape index (κ2) is 6.08. The first-order valence-electron chi connectivity index (χ1n) is 5.77. The van der Waals surface area contributed by atoms with Crippen LogP contribution in [0, 0.1) is 21.7 Å². The maximum Gasteiger partial charge on any atom is 0.308 e. The molecule has 1 heterocycles. The van der Waals surface area contributed by atoms with Gasteiger partial charge < -0.3 is 10.1 Å². The van der Waals surface area contributed by atoms with Gasteiger partial charge in [0.25, 0.3) is 0 Å². The van der Waals surface area contributed by atoms with Crippen molar-refractivity contribution in [3.63, 3.8) is 0 Å². The van der Waals surface area contributed by atoms with E-state index in [1.165, 1.54) is 0 Å². The standard InChI is InChI=1S/C12H8F2N4O4/c1-6(19)22-11-9(14)2-7(13)3-10(11)17-12-15-4-8(5-16-12)18(20)21/h2-5H,1H3,(H,15,16,17). The van der Waals surface area contributed by atoms with Crippen molar-refractivity contribution in [1.82, 2.24) is 9.97 Å². The lowest BCUT2D eigenvalue weighted by Gasteiger charge is -2.11. The van der Waals surface area contributed by atoms with Gasteiger partial charge in [-0.1, -0.05) is 0 Å². The topological polar surface area (TPSA) is 107 Å². The third-order valence-electron chi connectivity index (χ3n) is 2.35. The number of anilines is 2. The Morgan fingerprint density at radius 1 is 1.32 bits per heavy atom. The highest BCUT2D eigenvalue weighted by atomic mass is 19.1. The highest BCUT2D eigenvalue weighted by molar-refractivity contribution is 5.74. The minimum absolute atomic E-state index is 0.163. The number of halogens is 2. The first-order valence-corrected chi connectivity index (χ1v) is 5.77. The number of carbonyl (C=O) groups excluding carboxylic acids is 1. The van der Waals surface area contributed by atoms with Gasteiger partial charge >= 0.3 is 11.7 Å². The first kappa shape index (κ1) is 15.2. The summed E-state index contributed by atoms with van der Waals surface area (Å²) in [4.78, 5) is 28.0. The zero-order valence-corrected chi connectivity index (χ0v) is 11.0. The van der Waals surface area contributed by atoms with Crippen molar-refractivity contribution in [3.05, 3.63) is 46.3 Å². The van der Waals surface area contributed by atoms with Gasteiger partial charge in [0.2, 0.25) is 5.95 Å². The lowest BCUT2D eigenvalue weighted by Crippen LogP contribution is -2.07. The number of esters is 1.